The van der Waals surface area contributed by atoms with Crippen molar-refractivity contribution in [3.05, 3.63) is 12.2 Å². The average molecular weight is 187 g/mol. The van der Waals surface area contributed by atoms with E-state index in [1.807, 2.05) is 0 Å². The quantitative estimate of drug-likeness (QED) is 0.347. The minimum Gasteiger partial charge on any atom is -0.457 e. The smallest absolute Gasteiger partial charge is 0.313 e. The van der Waals surface area contributed by atoms with Crippen LogP contribution in [0.4, 0.5) is 0 Å². The van der Waals surface area contributed by atoms with Crippen LogP contribution in [0.2, 0.25) is 0 Å². The standard InChI is InChI=1S/C8H7ClO3/c9-7(10)5-3-4-1-2-6(5)12-8(4)11/h1-2,4-6H,3H2/t4-,5+,6+/m1/s1. The second kappa shape index (κ2) is 2.59. The molecule has 2 bridgehead atoms. The third-order valence-electron chi connectivity index (χ3n) is 2.28. The minimum atomic E-state index is -0.424. The van der Waals surface area contributed by atoms with E-state index in [-0.39, 0.29) is 17.8 Å². The molecular weight excluding hydrogens is 180 g/mol. The highest BCUT2D eigenvalue weighted by atomic mass is 35.5. The van der Waals surface area contributed by atoms with E-state index in [0.29, 0.717) is 6.42 Å². The fourth-order valence-electron chi connectivity index (χ4n) is 1.60. The first-order valence-corrected chi connectivity index (χ1v) is 4.14. The average Bonchev–Trinajstić information content (AvgIpc) is 2.04. The molecule has 3 rings (SSSR count). The van der Waals surface area contributed by atoms with Crippen LogP contribution in [-0.4, -0.2) is 17.3 Å². The van der Waals surface area contributed by atoms with Gasteiger partial charge in [-0.1, -0.05) is 6.08 Å². The molecule has 1 fully saturated rings. The van der Waals surface area contributed by atoms with Crippen molar-refractivity contribution in [1.29, 1.82) is 0 Å². The first-order chi connectivity index (χ1) is 5.68. The molecule has 0 aromatic rings. The summed E-state index contributed by atoms with van der Waals surface area (Å²) >= 11 is 5.33. The van der Waals surface area contributed by atoms with Gasteiger partial charge in [-0.2, -0.15) is 0 Å². The van der Waals surface area contributed by atoms with Crippen LogP contribution in [0.25, 0.3) is 0 Å². The maximum Gasteiger partial charge on any atom is 0.313 e. The molecule has 2 aliphatic heterocycles. The second-order valence-electron chi connectivity index (χ2n) is 3.04. The Balaban J connectivity index is 2.24. The van der Waals surface area contributed by atoms with E-state index in [0.717, 1.165) is 0 Å². The van der Waals surface area contributed by atoms with Crippen molar-refractivity contribution in [2.45, 2.75) is 12.5 Å². The number of halogens is 1. The van der Waals surface area contributed by atoms with E-state index in [9.17, 15) is 9.59 Å². The number of rotatable bonds is 1. The molecule has 0 amide bonds. The first kappa shape index (κ1) is 7.80. The molecule has 0 spiro atoms. The van der Waals surface area contributed by atoms with Crippen molar-refractivity contribution in [3.8, 4) is 0 Å². The van der Waals surface area contributed by atoms with Crippen LogP contribution in [-0.2, 0) is 14.3 Å². The molecule has 12 heavy (non-hydrogen) atoms. The number of esters is 1. The molecule has 0 unspecified atom stereocenters. The molecule has 4 heteroatoms. The van der Waals surface area contributed by atoms with E-state index >= 15 is 0 Å². The summed E-state index contributed by atoms with van der Waals surface area (Å²) in [5, 5.41) is -0.415. The van der Waals surface area contributed by atoms with E-state index in [2.05, 4.69) is 0 Å². The zero-order valence-electron chi connectivity index (χ0n) is 6.20. The minimum absolute atomic E-state index is 0.239. The van der Waals surface area contributed by atoms with Gasteiger partial charge in [0, 0.05) is 0 Å². The van der Waals surface area contributed by atoms with Gasteiger partial charge < -0.3 is 4.74 Å². The molecule has 3 atom stereocenters. The van der Waals surface area contributed by atoms with Gasteiger partial charge in [0.15, 0.2) is 0 Å². The number of carbonyl (C=O) groups is 2. The van der Waals surface area contributed by atoms with Crippen LogP contribution in [0.1, 0.15) is 6.42 Å². The molecule has 0 saturated carbocycles. The summed E-state index contributed by atoms with van der Waals surface area (Å²) in [5.74, 6) is -0.835. The Bertz CT molecular complexity index is 271. The van der Waals surface area contributed by atoms with E-state index in [4.69, 9.17) is 16.3 Å². The van der Waals surface area contributed by atoms with Gasteiger partial charge in [-0.05, 0) is 24.1 Å². The molecule has 64 valence electrons. The zero-order valence-corrected chi connectivity index (χ0v) is 6.95. The Kier molecular flexibility index (Phi) is 1.68. The Morgan fingerprint density at radius 1 is 1.58 bits per heavy atom. The van der Waals surface area contributed by atoms with Crippen LogP contribution >= 0.6 is 11.6 Å². The van der Waals surface area contributed by atoms with Crippen LogP contribution in [0.5, 0.6) is 0 Å². The highest BCUT2D eigenvalue weighted by molar-refractivity contribution is 6.64. The Hall–Kier alpha value is -0.830. The molecule has 2 heterocycles. The fraction of sp³-hybridized carbons (Fsp3) is 0.500. The molecule has 3 nitrogen and oxygen atoms in total. The van der Waals surface area contributed by atoms with Crippen LogP contribution in [0.3, 0.4) is 0 Å². The fourth-order valence-corrected chi connectivity index (χ4v) is 1.82. The van der Waals surface area contributed by atoms with Crippen LogP contribution < -0.4 is 0 Å². The summed E-state index contributed by atoms with van der Waals surface area (Å²) in [6.07, 6.45) is 3.60. The SMILES string of the molecule is O=C1O[C@H]2C=C[C@@H]1C[C@@H]2C(=O)Cl. The van der Waals surface area contributed by atoms with Gasteiger partial charge >= 0.3 is 5.97 Å². The van der Waals surface area contributed by atoms with Gasteiger partial charge in [0.05, 0.1) is 11.8 Å². The molecule has 1 saturated heterocycles. The predicted octanol–water partition coefficient (Wildman–Crippen LogP) is 0.869. The zero-order chi connectivity index (χ0) is 8.72. The summed E-state index contributed by atoms with van der Waals surface area (Å²) < 4.78 is 4.93. The lowest BCUT2D eigenvalue weighted by atomic mass is 9.82. The summed E-state index contributed by atoms with van der Waals surface area (Å²) in [7, 11) is 0. The number of fused-ring (bicyclic) bond motifs is 2. The van der Waals surface area contributed by atoms with Gasteiger partial charge in [0.25, 0.3) is 0 Å². The van der Waals surface area contributed by atoms with Crippen molar-refractivity contribution >= 4 is 22.8 Å². The number of ether oxygens (including phenoxy) is 1. The van der Waals surface area contributed by atoms with Gasteiger partial charge in [-0.3, -0.25) is 9.59 Å². The third kappa shape index (κ3) is 1.05. The van der Waals surface area contributed by atoms with E-state index < -0.39 is 11.3 Å². The summed E-state index contributed by atoms with van der Waals surface area (Å²) in [6, 6.07) is 0. The lowest BCUT2D eigenvalue weighted by molar-refractivity contribution is -0.162. The molecule has 3 aliphatic rings. The van der Waals surface area contributed by atoms with E-state index in [1.165, 1.54) is 0 Å². The largest absolute Gasteiger partial charge is 0.457 e. The Labute approximate surface area is 74.3 Å². The summed E-state index contributed by atoms with van der Waals surface area (Å²) in [4.78, 5) is 21.8. The summed E-state index contributed by atoms with van der Waals surface area (Å²) in [6.45, 7) is 0. The van der Waals surface area contributed by atoms with Gasteiger partial charge in [0.2, 0.25) is 5.24 Å². The van der Waals surface area contributed by atoms with Gasteiger partial charge in [-0.15, -0.1) is 0 Å². The first-order valence-electron chi connectivity index (χ1n) is 3.76. The van der Waals surface area contributed by atoms with Crippen molar-refractivity contribution < 1.29 is 14.3 Å². The topological polar surface area (TPSA) is 43.4 Å². The predicted molar refractivity (Wildman–Crippen MR) is 41.5 cm³/mol. The maximum absolute atomic E-state index is 11.0. The lowest BCUT2D eigenvalue weighted by Gasteiger charge is -2.34. The van der Waals surface area contributed by atoms with E-state index in [1.54, 1.807) is 12.2 Å². The monoisotopic (exact) mass is 186 g/mol. The number of carbonyl (C=O) groups excluding carboxylic acids is 2. The molecule has 0 radical (unpaired) electrons. The van der Waals surface area contributed by atoms with Gasteiger partial charge in [-0.25, -0.2) is 0 Å². The molecule has 0 aromatic carbocycles. The number of hydrogen-bond donors (Lipinski definition) is 0. The van der Waals surface area contributed by atoms with Crippen LogP contribution in [0.15, 0.2) is 12.2 Å². The van der Waals surface area contributed by atoms with Gasteiger partial charge in [0.1, 0.15) is 6.10 Å². The number of hydrogen-bond acceptors (Lipinski definition) is 3. The lowest BCUT2D eigenvalue weighted by Crippen LogP contribution is -2.42. The molecule has 0 aromatic heterocycles. The van der Waals surface area contributed by atoms with Crippen molar-refractivity contribution in [2.24, 2.45) is 11.8 Å². The normalized spacial score (nSPS) is 38.1. The van der Waals surface area contributed by atoms with Crippen molar-refractivity contribution in [1.82, 2.24) is 0 Å². The summed E-state index contributed by atoms with van der Waals surface area (Å²) in [5.41, 5.74) is 0. The maximum atomic E-state index is 11.0. The Morgan fingerprint density at radius 2 is 2.33 bits per heavy atom. The molecular formula is C8H7ClO3. The van der Waals surface area contributed by atoms with Crippen LogP contribution in [0, 0.1) is 11.8 Å². The third-order valence-corrected chi connectivity index (χ3v) is 2.56. The highest BCUT2D eigenvalue weighted by Crippen LogP contribution is 2.34. The highest BCUT2D eigenvalue weighted by Gasteiger charge is 2.41. The molecule has 1 aliphatic carbocycles. The second-order valence-corrected chi connectivity index (χ2v) is 3.41. The Morgan fingerprint density at radius 3 is 2.75 bits per heavy atom. The van der Waals surface area contributed by atoms with Crippen molar-refractivity contribution in [2.75, 3.05) is 0 Å². The van der Waals surface area contributed by atoms with Crippen molar-refractivity contribution in [3.63, 3.8) is 0 Å². The molecule has 0 N–H and O–H groups in total.